The molecule has 2 nitrogen and oxygen atoms in total. The molecule has 2 aromatic rings. The minimum Gasteiger partial charge on any atom is -0.395 e. The van der Waals surface area contributed by atoms with Gasteiger partial charge < -0.3 is 10.8 Å². The Morgan fingerprint density at radius 1 is 1.37 bits per heavy atom. The van der Waals surface area contributed by atoms with Gasteiger partial charge in [-0.3, -0.25) is 0 Å². The van der Waals surface area contributed by atoms with Gasteiger partial charge in [0.25, 0.3) is 0 Å². The van der Waals surface area contributed by atoms with Gasteiger partial charge in [0, 0.05) is 26.7 Å². The number of aliphatic hydroxyl groups excluding tert-OH is 1. The molecule has 0 aliphatic carbocycles. The van der Waals surface area contributed by atoms with Gasteiger partial charge in [-0.25, -0.2) is 4.39 Å². The molecule has 0 bridgehead atoms. The summed E-state index contributed by atoms with van der Waals surface area (Å²) < 4.78 is 14.4. The average molecular weight is 344 g/mol. The Balaban J connectivity index is 2.37. The van der Waals surface area contributed by atoms with Gasteiger partial charge in [0.1, 0.15) is 5.82 Å². The van der Waals surface area contributed by atoms with Gasteiger partial charge in [0.15, 0.2) is 0 Å². The topological polar surface area (TPSA) is 46.2 Å². The third kappa shape index (κ3) is 3.23. The lowest BCUT2D eigenvalue weighted by Crippen LogP contribution is -2.40. The highest BCUT2D eigenvalue weighted by atomic mass is 79.9. The van der Waals surface area contributed by atoms with E-state index in [0.29, 0.717) is 6.42 Å². The van der Waals surface area contributed by atoms with Crippen LogP contribution in [0, 0.1) is 5.82 Å². The molecular weight excluding hydrogens is 329 g/mol. The smallest absolute Gasteiger partial charge is 0.123 e. The molecular formula is C14H15BrFNOS. The second-order valence-corrected chi connectivity index (χ2v) is 6.47. The molecule has 1 heterocycles. The first kappa shape index (κ1) is 14.7. The van der Waals surface area contributed by atoms with Crippen LogP contribution in [-0.2, 0) is 11.8 Å². The fourth-order valence-corrected chi connectivity index (χ4v) is 3.70. The summed E-state index contributed by atoms with van der Waals surface area (Å²) in [6.07, 6.45) is 0.597. The number of rotatable bonds is 5. The number of halogens is 2. The highest BCUT2D eigenvalue weighted by Crippen LogP contribution is 2.31. The maximum absolute atomic E-state index is 13.4. The molecule has 0 spiro atoms. The molecule has 19 heavy (non-hydrogen) atoms. The van der Waals surface area contributed by atoms with E-state index in [9.17, 15) is 9.50 Å². The lowest BCUT2D eigenvalue weighted by molar-refractivity contribution is 0.196. The molecule has 0 amide bonds. The summed E-state index contributed by atoms with van der Waals surface area (Å²) in [5, 5.41) is 11.8. The Morgan fingerprint density at radius 2 is 2.16 bits per heavy atom. The van der Waals surface area contributed by atoms with Gasteiger partial charge in [-0.15, -0.1) is 11.3 Å². The van der Waals surface area contributed by atoms with Crippen molar-refractivity contribution in [2.24, 2.45) is 5.73 Å². The standard InChI is InChI=1S/C14H15BrFNOS/c15-11-5-13(19-7-11)6-14(8-17,9-18)10-2-1-3-12(16)4-10/h1-5,7,18H,6,8-9,17H2. The maximum atomic E-state index is 13.4. The SMILES string of the molecule is NCC(CO)(Cc1cc(Br)cs1)c1cccc(F)c1. The Labute approximate surface area is 124 Å². The van der Waals surface area contributed by atoms with Crippen LogP contribution in [0.15, 0.2) is 40.2 Å². The van der Waals surface area contributed by atoms with Crippen LogP contribution in [-0.4, -0.2) is 18.3 Å². The lowest BCUT2D eigenvalue weighted by Gasteiger charge is -2.30. The van der Waals surface area contributed by atoms with E-state index in [1.807, 2.05) is 17.5 Å². The first-order valence-corrected chi connectivity index (χ1v) is 7.57. The molecule has 1 atom stereocenters. The molecule has 2 rings (SSSR count). The fourth-order valence-electron chi connectivity index (χ4n) is 2.10. The summed E-state index contributed by atoms with van der Waals surface area (Å²) in [7, 11) is 0. The molecule has 0 saturated carbocycles. The summed E-state index contributed by atoms with van der Waals surface area (Å²) in [5.74, 6) is -0.309. The minimum atomic E-state index is -0.633. The van der Waals surface area contributed by atoms with Crippen LogP contribution in [0.1, 0.15) is 10.4 Å². The van der Waals surface area contributed by atoms with E-state index in [0.717, 1.165) is 14.9 Å². The van der Waals surface area contributed by atoms with Crippen molar-refractivity contribution in [1.82, 2.24) is 0 Å². The number of thiophene rings is 1. The third-order valence-electron chi connectivity index (χ3n) is 3.26. The van der Waals surface area contributed by atoms with Gasteiger partial charge in [0.2, 0.25) is 0 Å². The first-order chi connectivity index (χ1) is 9.09. The van der Waals surface area contributed by atoms with Gasteiger partial charge in [-0.1, -0.05) is 12.1 Å². The van der Waals surface area contributed by atoms with E-state index in [4.69, 9.17) is 5.73 Å². The van der Waals surface area contributed by atoms with E-state index in [-0.39, 0.29) is 19.0 Å². The van der Waals surface area contributed by atoms with Crippen molar-refractivity contribution in [2.75, 3.05) is 13.2 Å². The molecule has 1 unspecified atom stereocenters. The van der Waals surface area contributed by atoms with Gasteiger partial charge >= 0.3 is 0 Å². The van der Waals surface area contributed by atoms with Crippen LogP contribution < -0.4 is 5.73 Å². The van der Waals surface area contributed by atoms with Crippen LogP contribution in [0.25, 0.3) is 0 Å². The third-order valence-corrected chi connectivity index (χ3v) is 4.96. The Bertz CT molecular complexity index is 554. The first-order valence-electron chi connectivity index (χ1n) is 5.89. The fraction of sp³-hybridized carbons (Fsp3) is 0.286. The Kier molecular flexibility index (Phi) is 4.73. The van der Waals surface area contributed by atoms with Crippen molar-refractivity contribution in [3.8, 4) is 0 Å². The number of aliphatic hydroxyl groups is 1. The largest absolute Gasteiger partial charge is 0.395 e. The number of benzene rings is 1. The molecule has 3 N–H and O–H groups in total. The Hall–Kier alpha value is -0.750. The van der Waals surface area contributed by atoms with Crippen molar-refractivity contribution in [3.05, 3.63) is 56.4 Å². The van der Waals surface area contributed by atoms with Crippen molar-refractivity contribution < 1.29 is 9.50 Å². The summed E-state index contributed by atoms with van der Waals surface area (Å²) in [4.78, 5) is 1.11. The summed E-state index contributed by atoms with van der Waals surface area (Å²) in [6.45, 7) is 0.158. The summed E-state index contributed by atoms with van der Waals surface area (Å²) in [5.41, 5.74) is 5.97. The van der Waals surface area contributed by atoms with E-state index in [1.54, 1.807) is 17.4 Å². The quantitative estimate of drug-likeness (QED) is 0.876. The van der Waals surface area contributed by atoms with Gasteiger partial charge in [-0.05, 0) is 46.1 Å². The molecule has 0 aliphatic rings. The van der Waals surface area contributed by atoms with Crippen molar-refractivity contribution in [3.63, 3.8) is 0 Å². The molecule has 0 fully saturated rings. The van der Waals surface area contributed by atoms with Gasteiger partial charge in [-0.2, -0.15) is 0 Å². The number of hydrogen-bond acceptors (Lipinski definition) is 3. The zero-order valence-electron chi connectivity index (χ0n) is 10.3. The normalized spacial score (nSPS) is 14.3. The summed E-state index contributed by atoms with van der Waals surface area (Å²) >= 11 is 5.01. The molecule has 5 heteroatoms. The second kappa shape index (κ2) is 6.13. The molecule has 1 aromatic heterocycles. The predicted octanol–water partition coefficient (Wildman–Crippen LogP) is 3.08. The van der Waals surface area contributed by atoms with Crippen LogP contribution in [0.4, 0.5) is 4.39 Å². The minimum absolute atomic E-state index is 0.109. The van der Waals surface area contributed by atoms with Crippen LogP contribution in [0.5, 0.6) is 0 Å². The number of hydrogen-bond donors (Lipinski definition) is 2. The monoisotopic (exact) mass is 343 g/mol. The number of nitrogens with two attached hydrogens (primary N) is 1. The average Bonchev–Trinajstić information content (AvgIpc) is 2.81. The summed E-state index contributed by atoms with van der Waals surface area (Å²) in [6, 6.07) is 8.31. The molecule has 0 aliphatic heterocycles. The highest BCUT2D eigenvalue weighted by Gasteiger charge is 2.31. The lowest BCUT2D eigenvalue weighted by atomic mass is 9.78. The zero-order chi connectivity index (χ0) is 13.9. The molecule has 0 radical (unpaired) electrons. The van der Waals surface area contributed by atoms with Gasteiger partial charge in [0.05, 0.1) is 6.61 Å². The van der Waals surface area contributed by atoms with Crippen LogP contribution in [0.3, 0.4) is 0 Å². The molecule has 1 aromatic carbocycles. The van der Waals surface area contributed by atoms with E-state index >= 15 is 0 Å². The molecule has 102 valence electrons. The zero-order valence-corrected chi connectivity index (χ0v) is 12.7. The van der Waals surface area contributed by atoms with E-state index in [2.05, 4.69) is 15.9 Å². The predicted molar refractivity (Wildman–Crippen MR) is 79.9 cm³/mol. The van der Waals surface area contributed by atoms with Crippen molar-refractivity contribution >= 4 is 27.3 Å². The van der Waals surface area contributed by atoms with Crippen molar-refractivity contribution in [2.45, 2.75) is 11.8 Å². The second-order valence-electron chi connectivity index (χ2n) is 4.56. The van der Waals surface area contributed by atoms with Crippen molar-refractivity contribution in [1.29, 1.82) is 0 Å². The van der Waals surface area contributed by atoms with Crippen LogP contribution in [0.2, 0.25) is 0 Å². The maximum Gasteiger partial charge on any atom is 0.123 e. The Morgan fingerprint density at radius 3 is 2.68 bits per heavy atom. The highest BCUT2D eigenvalue weighted by molar-refractivity contribution is 9.10. The molecule has 0 saturated heterocycles. The van der Waals surface area contributed by atoms with Crippen LogP contribution >= 0.6 is 27.3 Å². The van der Waals surface area contributed by atoms with E-state index < -0.39 is 5.41 Å². The van der Waals surface area contributed by atoms with E-state index in [1.165, 1.54) is 12.1 Å².